The molecule has 1 amide bonds. The van der Waals surface area contributed by atoms with E-state index in [1.165, 1.54) is 45.1 Å². The van der Waals surface area contributed by atoms with Gasteiger partial charge in [0.05, 0.1) is 6.61 Å². The van der Waals surface area contributed by atoms with Crippen LogP contribution < -0.4 is 16.0 Å². The summed E-state index contributed by atoms with van der Waals surface area (Å²) < 4.78 is 4.92. The molecule has 5 nitrogen and oxygen atoms in total. The van der Waals surface area contributed by atoms with Crippen LogP contribution in [0.25, 0.3) is 0 Å². The third-order valence-corrected chi connectivity index (χ3v) is 4.82. The smallest absolute Gasteiger partial charge is 0.221 e. The number of carbonyl (C=O) groups excluding carboxylic acids is 1. The normalized spacial score (nSPS) is 29.5. The Morgan fingerprint density at radius 1 is 1.19 bits per heavy atom. The van der Waals surface area contributed by atoms with Gasteiger partial charge >= 0.3 is 0 Å². The van der Waals surface area contributed by atoms with Crippen LogP contribution in [-0.4, -0.2) is 51.3 Å². The van der Waals surface area contributed by atoms with Crippen LogP contribution >= 0.6 is 0 Å². The van der Waals surface area contributed by atoms with Crippen molar-refractivity contribution in [1.29, 1.82) is 0 Å². The summed E-state index contributed by atoms with van der Waals surface area (Å²) in [7, 11) is 1.65. The fourth-order valence-corrected chi connectivity index (χ4v) is 3.72. The molecule has 0 bridgehead atoms. The van der Waals surface area contributed by atoms with E-state index in [1.54, 1.807) is 7.11 Å². The summed E-state index contributed by atoms with van der Waals surface area (Å²) in [6.45, 7) is 3.15. The molecule has 2 rings (SSSR count). The van der Waals surface area contributed by atoms with E-state index in [0.717, 1.165) is 12.5 Å². The lowest BCUT2D eigenvalue weighted by atomic mass is 9.88. The Morgan fingerprint density at radius 2 is 2.10 bits per heavy atom. The predicted octanol–water partition coefficient (Wildman–Crippen LogP) is 1.04. The number of amides is 1. The zero-order valence-electron chi connectivity index (χ0n) is 13.3. The van der Waals surface area contributed by atoms with Crippen molar-refractivity contribution in [3.63, 3.8) is 0 Å². The summed E-state index contributed by atoms with van der Waals surface area (Å²) in [5, 5.41) is 10.2. The molecule has 122 valence electrons. The van der Waals surface area contributed by atoms with Gasteiger partial charge in [0.1, 0.15) is 0 Å². The summed E-state index contributed by atoms with van der Waals surface area (Å²) in [5.74, 6) is 0.867. The van der Waals surface area contributed by atoms with Crippen LogP contribution in [0.4, 0.5) is 0 Å². The van der Waals surface area contributed by atoms with Gasteiger partial charge in [-0.3, -0.25) is 4.79 Å². The van der Waals surface area contributed by atoms with Crippen molar-refractivity contribution in [3.8, 4) is 0 Å². The SMILES string of the molecule is COCCNC(=O)CCNC1CCCC1C1CCCCN1. The standard InChI is InChI=1S/C16H31N3O2/c1-21-12-11-19-16(20)8-10-18-15-7-4-5-13(15)14-6-2-3-9-17-14/h13-15,17-18H,2-12H2,1H3,(H,19,20). The van der Waals surface area contributed by atoms with Gasteiger partial charge in [0.2, 0.25) is 5.91 Å². The first kappa shape index (κ1) is 16.7. The van der Waals surface area contributed by atoms with Gasteiger partial charge in [-0.15, -0.1) is 0 Å². The number of nitrogens with one attached hydrogen (secondary N) is 3. The Kier molecular flexibility index (Phi) is 7.47. The van der Waals surface area contributed by atoms with E-state index in [2.05, 4.69) is 16.0 Å². The van der Waals surface area contributed by atoms with Gasteiger partial charge in [0.15, 0.2) is 0 Å². The largest absolute Gasteiger partial charge is 0.383 e. The van der Waals surface area contributed by atoms with E-state index in [0.29, 0.717) is 31.7 Å². The molecule has 3 atom stereocenters. The minimum absolute atomic E-state index is 0.116. The van der Waals surface area contributed by atoms with Crippen LogP contribution in [0.1, 0.15) is 44.9 Å². The maximum atomic E-state index is 11.7. The monoisotopic (exact) mass is 297 g/mol. The Balaban J connectivity index is 1.63. The summed E-state index contributed by atoms with van der Waals surface area (Å²) in [5.41, 5.74) is 0. The predicted molar refractivity (Wildman–Crippen MR) is 84.3 cm³/mol. The molecular formula is C16H31N3O2. The molecule has 3 N–H and O–H groups in total. The molecule has 0 spiro atoms. The molecule has 1 heterocycles. The zero-order valence-corrected chi connectivity index (χ0v) is 13.3. The number of hydrogen-bond donors (Lipinski definition) is 3. The quantitative estimate of drug-likeness (QED) is 0.586. The van der Waals surface area contributed by atoms with Crippen molar-refractivity contribution in [2.24, 2.45) is 5.92 Å². The van der Waals surface area contributed by atoms with Gasteiger partial charge in [0.25, 0.3) is 0 Å². The van der Waals surface area contributed by atoms with Crippen LogP contribution in [0.5, 0.6) is 0 Å². The average molecular weight is 297 g/mol. The van der Waals surface area contributed by atoms with E-state index in [-0.39, 0.29) is 5.91 Å². The van der Waals surface area contributed by atoms with Gasteiger partial charge in [-0.05, 0) is 38.1 Å². The molecule has 2 fully saturated rings. The van der Waals surface area contributed by atoms with Crippen molar-refractivity contribution < 1.29 is 9.53 Å². The van der Waals surface area contributed by atoms with E-state index in [9.17, 15) is 4.79 Å². The molecule has 21 heavy (non-hydrogen) atoms. The van der Waals surface area contributed by atoms with Crippen LogP contribution in [0.2, 0.25) is 0 Å². The topological polar surface area (TPSA) is 62.4 Å². The molecule has 0 aromatic carbocycles. The molecule has 1 aliphatic heterocycles. The Hall–Kier alpha value is -0.650. The van der Waals surface area contributed by atoms with Crippen molar-refractivity contribution in [2.75, 3.05) is 33.4 Å². The fraction of sp³-hybridized carbons (Fsp3) is 0.938. The van der Waals surface area contributed by atoms with E-state index in [4.69, 9.17) is 4.74 Å². The second-order valence-electron chi connectivity index (χ2n) is 6.30. The van der Waals surface area contributed by atoms with Crippen LogP contribution in [0.15, 0.2) is 0 Å². The number of ether oxygens (including phenoxy) is 1. The number of rotatable bonds is 8. The number of piperidine rings is 1. The average Bonchev–Trinajstić information content (AvgIpc) is 2.97. The molecular weight excluding hydrogens is 266 g/mol. The summed E-state index contributed by atoms with van der Waals surface area (Å²) in [4.78, 5) is 11.7. The molecule has 0 aromatic rings. The first-order valence-electron chi connectivity index (χ1n) is 8.53. The number of carbonyl (C=O) groups is 1. The van der Waals surface area contributed by atoms with Crippen LogP contribution in [0, 0.1) is 5.92 Å². The highest BCUT2D eigenvalue weighted by Gasteiger charge is 2.33. The second-order valence-corrected chi connectivity index (χ2v) is 6.30. The highest BCUT2D eigenvalue weighted by atomic mass is 16.5. The van der Waals surface area contributed by atoms with Crippen LogP contribution in [-0.2, 0) is 9.53 Å². The lowest BCUT2D eigenvalue weighted by molar-refractivity contribution is -0.121. The first-order chi connectivity index (χ1) is 10.3. The van der Waals surface area contributed by atoms with Crippen LogP contribution in [0.3, 0.4) is 0 Å². The third-order valence-electron chi connectivity index (χ3n) is 4.82. The summed E-state index contributed by atoms with van der Waals surface area (Å²) in [6, 6.07) is 1.28. The highest BCUT2D eigenvalue weighted by Crippen LogP contribution is 2.31. The fourth-order valence-electron chi connectivity index (χ4n) is 3.72. The minimum atomic E-state index is 0.116. The van der Waals surface area contributed by atoms with Gasteiger partial charge < -0.3 is 20.7 Å². The molecule has 2 aliphatic rings. The van der Waals surface area contributed by atoms with Crippen molar-refractivity contribution in [2.45, 2.75) is 57.0 Å². The van der Waals surface area contributed by atoms with Gasteiger partial charge in [-0.1, -0.05) is 12.8 Å². The number of methoxy groups -OCH3 is 1. The molecule has 0 radical (unpaired) electrons. The van der Waals surface area contributed by atoms with Gasteiger partial charge in [-0.2, -0.15) is 0 Å². The molecule has 1 saturated carbocycles. The Labute approximate surface area is 128 Å². The minimum Gasteiger partial charge on any atom is -0.383 e. The van der Waals surface area contributed by atoms with Gasteiger partial charge in [-0.25, -0.2) is 0 Å². The van der Waals surface area contributed by atoms with E-state index >= 15 is 0 Å². The first-order valence-corrected chi connectivity index (χ1v) is 8.53. The van der Waals surface area contributed by atoms with E-state index in [1.807, 2.05) is 0 Å². The van der Waals surface area contributed by atoms with Crippen molar-refractivity contribution in [3.05, 3.63) is 0 Å². The zero-order chi connectivity index (χ0) is 14.9. The Morgan fingerprint density at radius 3 is 2.86 bits per heavy atom. The van der Waals surface area contributed by atoms with Crippen molar-refractivity contribution >= 4 is 5.91 Å². The lowest BCUT2D eigenvalue weighted by Crippen LogP contribution is -2.47. The molecule has 1 saturated heterocycles. The molecule has 1 aliphatic carbocycles. The molecule has 3 unspecified atom stereocenters. The maximum absolute atomic E-state index is 11.7. The van der Waals surface area contributed by atoms with E-state index < -0.39 is 0 Å². The molecule has 5 heteroatoms. The summed E-state index contributed by atoms with van der Waals surface area (Å²) >= 11 is 0. The van der Waals surface area contributed by atoms with Gasteiger partial charge in [0, 0.05) is 38.7 Å². The summed E-state index contributed by atoms with van der Waals surface area (Å²) in [6.07, 6.45) is 8.47. The molecule has 0 aromatic heterocycles. The van der Waals surface area contributed by atoms with Crippen molar-refractivity contribution in [1.82, 2.24) is 16.0 Å². The second kappa shape index (κ2) is 9.38. The highest BCUT2D eigenvalue weighted by molar-refractivity contribution is 5.76. The number of hydrogen-bond acceptors (Lipinski definition) is 4. The Bertz CT molecular complexity index is 306. The maximum Gasteiger partial charge on any atom is 0.221 e. The third kappa shape index (κ3) is 5.57. The lowest BCUT2D eigenvalue weighted by Gasteiger charge is -2.33.